The van der Waals surface area contributed by atoms with Crippen molar-refractivity contribution >= 4 is 41.9 Å². The monoisotopic (exact) mass is 485 g/mol. The molecule has 2 aromatic heterocycles. The minimum Gasteiger partial charge on any atom is -0.370 e. The molecule has 5 nitrogen and oxygen atoms in total. The van der Waals surface area contributed by atoms with Crippen LogP contribution in [-0.2, 0) is 0 Å². The van der Waals surface area contributed by atoms with Crippen LogP contribution in [0.25, 0.3) is 16.9 Å². The van der Waals surface area contributed by atoms with Gasteiger partial charge in [-0.15, -0.1) is 0 Å². The lowest BCUT2D eigenvalue weighted by Gasteiger charge is -2.13. The molecule has 2 unspecified atom stereocenters. The third-order valence-electron chi connectivity index (χ3n) is 5.22. The molecule has 4 rings (SSSR count). The van der Waals surface area contributed by atoms with Crippen LogP contribution in [0.2, 0.25) is 0 Å². The topological polar surface area (TPSA) is 54.2 Å². The smallest absolute Gasteiger partial charge is 0.165 e. The maximum atomic E-state index is 13.4. The first kappa shape index (κ1) is 23.5. The Kier molecular flexibility index (Phi) is 7.48. The van der Waals surface area contributed by atoms with E-state index in [1.807, 2.05) is 28.9 Å². The molecule has 9 heteroatoms. The maximum absolute atomic E-state index is 13.4. The highest BCUT2D eigenvalue weighted by Gasteiger charge is 2.13. The summed E-state index contributed by atoms with van der Waals surface area (Å²) in [5, 5.41) is 9.13. The second-order valence-corrected chi connectivity index (χ2v) is 10.1. The van der Waals surface area contributed by atoms with E-state index in [0.717, 1.165) is 40.5 Å². The summed E-state index contributed by atoms with van der Waals surface area (Å²) in [7, 11) is -0.0913. The van der Waals surface area contributed by atoms with Crippen LogP contribution < -0.4 is 15.3 Å². The fourth-order valence-corrected chi connectivity index (χ4v) is 5.16. The highest BCUT2D eigenvalue weighted by molar-refractivity contribution is 8.12. The van der Waals surface area contributed by atoms with Gasteiger partial charge in [-0.3, -0.25) is 4.72 Å². The molecule has 0 saturated carbocycles. The highest BCUT2D eigenvalue weighted by atomic mass is 32.2. The number of halogens is 2. The Labute approximate surface area is 196 Å². The number of aromatic nitrogens is 3. The number of anilines is 1. The highest BCUT2D eigenvalue weighted by Crippen LogP contribution is 2.26. The molecule has 0 radical (unpaired) electrons. The molecule has 2 N–H and O–H groups in total. The Morgan fingerprint density at radius 2 is 1.85 bits per heavy atom. The normalized spacial score (nSPS) is 12.6. The summed E-state index contributed by atoms with van der Waals surface area (Å²) < 4.78 is 32.0. The van der Waals surface area contributed by atoms with E-state index in [0.29, 0.717) is 26.6 Å². The summed E-state index contributed by atoms with van der Waals surface area (Å²) in [5.41, 5.74) is 4.04. The lowest BCUT2D eigenvalue weighted by molar-refractivity contribution is 0.577. The molecule has 0 aliphatic rings. The number of rotatable bonds is 9. The van der Waals surface area contributed by atoms with Crippen LogP contribution in [0, 0.1) is 18.6 Å². The van der Waals surface area contributed by atoms with E-state index in [9.17, 15) is 8.78 Å². The van der Waals surface area contributed by atoms with E-state index < -0.39 is 22.3 Å². The largest absolute Gasteiger partial charge is 0.370 e. The summed E-state index contributed by atoms with van der Waals surface area (Å²) in [6.07, 6.45) is 2.67. The van der Waals surface area contributed by atoms with Gasteiger partial charge in [0.05, 0.1) is 11.9 Å². The first-order valence-electron chi connectivity index (χ1n) is 10.6. The Bertz CT molecular complexity index is 1290. The van der Waals surface area contributed by atoms with Crippen LogP contribution in [0.1, 0.15) is 12.0 Å². The zero-order valence-corrected chi connectivity index (χ0v) is 20.3. The number of hydrogen-bond donors (Lipinski definition) is 2. The Morgan fingerprint density at radius 3 is 2.58 bits per heavy atom. The third kappa shape index (κ3) is 5.46. The summed E-state index contributed by atoms with van der Waals surface area (Å²) in [6, 6.07) is 13.7. The zero-order valence-electron chi connectivity index (χ0n) is 18.5. The average Bonchev–Trinajstić information content (AvgIpc) is 3.21. The number of aryl methyl sites for hydroxylation is 1. The molecular formula is C24H26F2N5PS. The van der Waals surface area contributed by atoms with Crippen LogP contribution in [0.15, 0.2) is 59.6 Å². The number of fused-ring (bicyclic) bond motifs is 1. The lowest BCUT2D eigenvalue weighted by Crippen LogP contribution is -2.15. The number of benzene rings is 2. The van der Waals surface area contributed by atoms with Gasteiger partial charge in [0.25, 0.3) is 0 Å². The van der Waals surface area contributed by atoms with Crippen molar-refractivity contribution in [1.29, 1.82) is 0 Å². The SMILES string of the molecule is C=S(NCCCNc1cc(-c2ccccc2C)nc2c(PC)cnn12)c1cc(F)cc(F)c1. The predicted octanol–water partition coefficient (Wildman–Crippen LogP) is 4.98. The zero-order chi connectivity index (χ0) is 23.4. The molecule has 2 atom stereocenters. The number of nitrogens with zero attached hydrogens (tertiary/aromatic N) is 3. The van der Waals surface area contributed by atoms with Crippen molar-refractivity contribution in [1.82, 2.24) is 19.3 Å². The van der Waals surface area contributed by atoms with Gasteiger partial charge in [0.15, 0.2) is 5.65 Å². The first-order valence-corrected chi connectivity index (χ1v) is 13.5. The van der Waals surface area contributed by atoms with E-state index in [1.165, 1.54) is 17.7 Å². The van der Waals surface area contributed by atoms with Crippen LogP contribution >= 0.6 is 19.3 Å². The average molecular weight is 486 g/mol. The molecule has 0 spiro atoms. The fourth-order valence-electron chi connectivity index (χ4n) is 3.52. The number of hydrogen-bond acceptors (Lipinski definition) is 4. The second-order valence-electron chi connectivity index (χ2n) is 7.56. The van der Waals surface area contributed by atoms with Crippen LogP contribution in [0.4, 0.5) is 14.6 Å². The van der Waals surface area contributed by atoms with Gasteiger partial charge in [-0.05, 0) is 37.7 Å². The van der Waals surface area contributed by atoms with Gasteiger partial charge in [-0.2, -0.15) is 9.61 Å². The molecule has 0 saturated heterocycles. The van der Waals surface area contributed by atoms with Crippen molar-refractivity contribution in [3.05, 3.63) is 71.9 Å². The van der Waals surface area contributed by atoms with Crippen LogP contribution in [0.3, 0.4) is 0 Å². The molecule has 4 aromatic rings. The molecule has 2 aromatic carbocycles. The molecule has 0 bridgehead atoms. The van der Waals surface area contributed by atoms with E-state index in [1.54, 1.807) is 0 Å². The van der Waals surface area contributed by atoms with E-state index in [2.05, 4.69) is 46.7 Å². The van der Waals surface area contributed by atoms with E-state index in [4.69, 9.17) is 4.98 Å². The number of nitrogens with one attached hydrogen (secondary N) is 2. The predicted molar refractivity (Wildman–Crippen MR) is 137 cm³/mol. The van der Waals surface area contributed by atoms with Gasteiger partial charge < -0.3 is 5.32 Å². The molecule has 0 fully saturated rings. The van der Waals surface area contributed by atoms with Gasteiger partial charge in [0, 0.05) is 41.0 Å². The molecule has 0 amide bonds. The third-order valence-corrected chi connectivity index (χ3v) is 7.47. The minimum atomic E-state index is -0.688. The van der Waals surface area contributed by atoms with Crippen LogP contribution in [-0.4, -0.2) is 40.2 Å². The van der Waals surface area contributed by atoms with Gasteiger partial charge in [-0.1, -0.05) is 49.4 Å². The Hall–Kier alpha value is -2.67. The van der Waals surface area contributed by atoms with Crippen molar-refractivity contribution in [2.45, 2.75) is 18.2 Å². The molecule has 2 heterocycles. The molecule has 172 valence electrons. The molecule has 0 aliphatic carbocycles. The quantitative estimate of drug-likeness (QED) is 0.199. The maximum Gasteiger partial charge on any atom is 0.165 e. The molecule has 0 aliphatic heterocycles. The van der Waals surface area contributed by atoms with Gasteiger partial charge >= 0.3 is 0 Å². The minimum absolute atomic E-state index is 0.517. The van der Waals surface area contributed by atoms with Gasteiger partial charge in [0.2, 0.25) is 0 Å². The van der Waals surface area contributed by atoms with Crippen molar-refractivity contribution in [3.8, 4) is 11.3 Å². The van der Waals surface area contributed by atoms with E-state index in [-0.39, 0.29) is 0 Å². The summed E-state index contributed by atoms with van der Waals surface area (Å²) in [4.78, 5) is 5.42. The van der Waals surface area contributed by atoms with Crippen molar-refractivity contribution < 1.29 is 8.78 Å². The summed E-state index contributed by atoms with van der Waals surface area (Å²) >= 11 is 0. The van der Waals surface area contributed by atoms with Gasteiger partial charge in [0.1, 0.15) is 17.5 Å². The van der Waals surface area contributed by atoms with Crippen molar-refractivity contribution in [3.63, 3.8) is 0 Å². The van der Waals surface area contributed by atoms with Crippen LogP contribution in [0.5, 0.6) is 0 Å². The van der Waals surface area contributed by atoms with E-state index >= 15 is 0 Å². The first-order chi connectivity index (χ1) is 16.0. The fraction of sp³-hybridized carbons (Fsp3) is 0.208. The standard InChI is InChI=1S/C24H26F2N5PS/c1-16-7-4-5-8-20(16)21-14-23(31-24(30-21)22(32-2)15-28-31)27-9-6-10-29-33(3)19-12-17(25)11-18(26)13-19/h4-5,7-8,11-15,27,29,32H,3,6,9-10H2,1-2H3. The summed E-state index contributed by atoms with van der Waals surface area (Å²) in [5.74, 6) is 3.69. The van der Waals surface area contributed by atoms with Crippen molar-refractivity contribution in [2.24, 2.45) is 0 Å². The lowest BCUT2D eigenvalue weighted by atomic mass is 10.1. The van der Waals surface area contributed by atoms with Gasteiger partial charge in [-0.25, -0.2) is 13.8 Å². The Balaban J connectivity index is 1.45. The molecule has 33 heavy (non-hydrogen) atoms. The second kappa shape index (κ2) is 10.5. The molecular weight excluding hydrogens is 459 g/mol. The Morgan fingerprint density at radius 1 is 1.09 bits per heavy atom. The van der Waals surface area contributed by atoms with Crippen molar-refractivity contribution in [2.75, 3.05) is 25.1 Å². The summed E-state index contributed by atoms with van der Waals surface area (Å²) in [6.45, 7) is 5.55.